The standard InChI is InChI=1S/C13H24N4O2/c1-4-7-9-10(14)11(17-16-9)12(18)15-8-13(19,5-2)6-3/h19H,4-8,14H2,1-3H3,(H,15,18)(H,16,17). The van der Waals surface area contributed by atoms with Crippen LogP contribution in [0, 0.1) is 0 Å². The molecule has 0 aliphatic heterocycles. The van der Waals surface area contributed by atoms with Gasteiger partial charge in [-0.05, 0) is 19.3 Å². The maximum atomic E-state index is 12.0. The average Bonchev–Trinajstić information content (AvgIpc) is 2.78. The van der Waals surface area contributed by atoms with Gasteiger partial charge in [0.25, 0.3) is 5.91 Å². The molecule has 1 heterocycles. The number of rotatable bonds is 7. The maximum absolute atomic E-state index is 12.0. The fourth-order valence-corrected chi connectivity index (χ4v) is 1.83. The summed E-state index contributed by atoms with van der Waals surface area (Å²) in [6.07, 6.45) is 2.86. The van der Waals surface area contributed by atoms with Crippen LogP contribution in [0.1, 0.15) is 56.2 Å². The van der Waals surface area contributed by atoms with Crippen molar-refractivity contribution in [2.75, 3.05) is 12.3 Å². The second-order valence-electron chi connectivity index (χ2n) is 4.83. The average molecular weight is 268 g/mol. The van der Waals surface area contributed by atoms with Crippen molar-refractivity contribution in [2.24, 2.45) is 0 Å². The number of aromatic nitrogens is 2. The minimum atomic E-state index is -0.868. The zero-order valence-corrected chi connectivity index (χ0v) is 11.9. The Labute approximate surface area is 113 Å². The third-order valence-corrected chi connectivity index (χ3v) is 3.49. The number of carbonyl (C=O) groups excluding carboxylic acids is 1. The molecule has 0 bridgehead atoms. The van der Waals surface area contributed by atoms with E-state index in [1.54, 1.807) is 0 Å². The van der Waals surface area contributed by atoms with Crippen molar-refractivity contribution in [2.45, 2.75) is 52.1 Å². The van der Waals surface area contributed by atoms with E-state index < -0.39 is 5.60 Å². The highest BCUT2D eigenvalue weighted by atomic mass is 16.3. The van der Waals surface area contributed by atoms with Gasteiger partial charge < -0.3 is 16.2 Å². The molecule has 0 fully saturated rings. The monoisotopic (exact) mass is 268 g/mol. The van der Waals surface area contributed by atoms with Crippen LogP contribution in [0.2, 0.25) is 0 Å². The van der Waals surface area contributed by atoms with Crippen molar-refractivity contribution in [3.05, 3.63) is 11.4 Å². The van der Waals surface area contributed by atoms with Gasteiger partial charge in [0.1, 0.15) is 0 Å². The number of H-pyrrole nitrogens is 1. The number of nitrogen functional groups attached to an aromatic ring is 1. The summed E-state index contributed by atoms with van der Waals surface area (Å²) in [7, 11) is 0. The molecule has 5 N–H and O–H groups in total. The van der Waals surface area contributed by atoms with Crippen LogP contribution in [0.4, 0.5) is 5.69 Å². The van der Waals surface area contributed by atoms with Gasteiger partial charge in [-0.3, -0.25) is 9.89 Å². The molecule has 1 rings (SSSR count). The highest BCUT2D eigenvalue weighted by molar-refractivity contribution is 5.97. The molecule has 0 saturated heterocycles. The van der Waals surface area contributed by atoms with E-state index in [0.29, 0.717) is 18.5 Å². The van der Waals surface area contributed by atoms with Crippen LogP contribution in [0.25, 0.3) is 0 Å². The number of carbonyl (C=O) groups is 1. The number of nitrogens with zero attached hydrogens (tertiary/aromatic N) is 1. The molecule has 6 heteroatoms. The predicted molar refractivity (Wildman–Crippen MR) is 74.9 cm³/mol. The quantitative estimate of drug-likeness (QED) is 0.597. The van der Waals surface area contributed by atoms with Gasteiger partial charge >= 0.3 is 0 Å². The Balaban J connectivity index is 2.69. The van der Waals surface area contributed by atoms with Gasteiger partial charge in [0.2, 0.25) is 0 Å². The summed E-state index contributed by atoms with van der Waals surface area (Å²) >= 11 is 0. The van der Waals surface area contributed by atoms with Crippen LogP contribution in [0.3, 0.4) is 0 Å². The van der Waals surface area contributed by atoms with Crippen molar-refractivity contribution in [1.82, 2.24) is 15.5 Å². The molecule has 1 aromatic heterocycles. The Morgan fingerprint density at radius 2 is 2.05 bits per heavy atom. The van der Waals surface area contributed by atoms with Crippen molar-refractivity contribution in [3.8, 4) is 0 Å². The topological polar surface area (TPSA) is 104 Å². The minimum Gasteiger partial charge on any atom is -0.395 e. The molecule has 0 spiro atoms. The predicted octanol–water partition coefficient (Wildman–Crippen LogP) is 1.23. The Morgan fingerprint density at radius 1 is 1.42 bits per heavy atom. The summed E-state index contributed by atoms with van der Waals surface area (Å²) in [6, 6.07) is 0. The molecule has 0 aliphatic carbocycles. The van der Waals surface area contributed by atoms with E-state index in [4.69, 9.17) is 5.73 Å². The largest absolute Gasteiger partial charge is 0.395 e. The summed E-state index contributed by atoms with van der Waals surface area (Å²) in [5.41, 5.74) is 6.40. The first-order chi connectivity index (χ1) is 8.97. The summed E-state index contributed by atoms with van der Waals surface area (Å²) in [6.45, 7) is 6.01. The molecular weight excluding hydrogens is 244 g/mol. The number of nitrogens with two attached hydrogens (primary N) is 1. The number of amides is 1. The fourth-order valence-electron chi connectivity index (χ4n) is 1.83. The van der Waals surface area contributed by atoms with Gasteiger partial charge in [0.05, 0.1) is 17.0 Å². The van der Waals surface area contributed by atoms with Crippen LogP contribution in [0.5, 0.6) is 0 Å². The lowest BCUT2D eigenvalue weighted by molar-refractivity contribution is 0.0313. The number of hydrogen-bond acceptors (Lipinski definition) is 4. The first kappa shape index (κ1) is 15.5. The molecule has 108 valence electrons. The molecule has 0 aliphatic rings. The highest BCUT2D eigenvalue weighted by Gasteiger charge is 2.24. The van der Waals surface area contributed by atoms with Crippen LogP contribution < -0.4 is 11.1 Å². The second kappa shape index (κ2) is 6.56. The van der Waals surface area contributed by atoms with E-state index in [9.17, 15) is 9.90 Å². The molecule has 19 heavy (non-hydrogen) atoms. The molecule has 0 atom stereocenters. The third-order valence-electron chi connectivity index (χ3n) is 3.49. The summed E-state index contributed by atoms with van der Waals surface area (Å²) < 4.78 is 0. The van der Waals surface area contributed by atoms with Gasteiger partial charge in [-0.15, -0.1) is 0 Å². The van der Waals surface area contributed by atoms with Gasteiger partial charge in [-0.25, -0.2) is 0 Å². The van der Waals surface area contributed by atoms with Crippen LogP contribution in [-0.2, 0) is 6.42 Å². The van der Waals surface area contributed by atoms with E-state index in [0.717, 1.165) is 18.5 Å². The molecule has 0 saturated carbocycles. The summed E-state index contributed by atoms with van der Waals surface area (Å²) in [5, 5.41) is 19.5. The van der Waals surface area contributed by atoms with Crippen molar-refractivity contribution in [3.63, 3.8) is 0 Å². The first-order valence-corrected chi connectivity index (χ1v) is 6.80. The van der Waals surface area contributed by atoms with Gasteiger partial charge in [-0.1, -0.05) is 27.2 Å². The number of nitrogens with one attached hydrogen (secondary N) is 2. The number of anilines is 1. The first-order valence-electron chi connectivity index (χ1n) is 6.80. The zero-order valence-electron chi connectivity index (χ0n) is 11.9. The lowest BCUT2D eigenvalue weighted by atomic mass is 9.97. The number of aromatic amines is 1. The lowest BCUT2D eigenvalue weighted by Gasteiger charge is -2.25. The van der Waals surface area contributed by atoms with Crippen LogP contribution in [0.15, 0.2) is 0 Å². The summed E-state index contributed by atoms with van der Waals surface area (Å²) in [5.74, 6) is -0.351. The Morgan fingerprint density at radius 3 is 2.58 bits per heavy atom. The SMILES string of the molecule is CCCc1[nH]nc(C(=O)NCC(O)(CC)CC)c1N. The van der Waals surface area contributed by atoms with Crippen molar-refractivity contribution >= 4 is 11.6 Å². The molecule has 0 radical (unpaired) electrons. The van der Waals surface area contributed by atoms with Crippen molar-refractivity contribution in [1.29, 1.82) is 0 Å². The van der Waals surface area contributed by atoms with Crippen LogP contribution in [-0.4, -0.2) is 33.4 Å². The minimum absolute atomic E-state index is 0.203. The Hall–Kier alpha value is -1.56. The smallest absolute Gasteiger partial charge is 0.274 e. The molecule has 1 aromatic rings. The van der Waals surface area contributed by atoms with E-state index in [1.165, 1.54) is 0 Å². The fraction of sp³-hybridized carbons (Fsp3) is 0.692. The number of aliphatic hydroxyl groups is 1. The molecule has 1 amide bonds. The highest BCUT2D eigenvalue weighted by Crippen LogP contribution is 2.17. The molecule has 0 aromatic carbocycles. The molecule has 0 unspecified atom stereocenters. The lowest BCUT2D eigenvalue weighted by Crippen LogP contribution is -2.42. The van der Waals surface area contributed by atoms with Crippen molar-refractivity contribution < 1.29 is 9.90 Å². The zero-order chi connectivity index (χ0) is 14.5. The number of aryl methyl sites for hydroxylation is 1. The molecule has 6 nitrogen and oxygen atoms in total. The number of hydrogen-bond donors (Lipinski definition) is 4. The Bertz CT molecular complexity index is 424. The van der Waals surface area contributed by atoms with Gasteiger partial charge in [0, 0.05) is 6.54 Å². The van der Waals surface area contributed by atoms with E-state index in [1.807, 2.05) is 20.8 Å². The normalized spacial score (nSPS) is 11.6. The third kappa shape index (κ3) is 3.70. The molecular formula is C13H24N4O2. The van der Waals surface area contributed by atoms with Gasteiger partial charge in [0.15, 0.2) is 5.69 Å². The Kier molecular flexibility index (Phi) is 5.35. The van der Waals surface area contributed by atoms with E-state index in [2.05, 4.69) is 15.5 Å². The van der Waals surface area contributed by atoms with Crippen LogP contribution >= 0.6 is 0 Å². The maximum Gasteiger partial charge on any atom is 0.274 e. The second-order valence-corrected chi connectivity index (χ2v) is 4.83. The summed E-state index contributed by atoms with van der Waals surface area (Å²) in [4.78, 5) is 12.0. The van der Waals surface area contributed by atoms with E-state index >= 15 is 0 Å². The van der Waals surface area contributed by atoms with E-state index in [-0.39, 0.29) is 18.1 Å². The van der Waals surface area contributed by atoms with Gasteiger partial charge in [-0.2, -0.15) is 5.10 Å².